The number of nitrogens with zero attached hydrogens (tertiary/aromatic N) is 2. The number of aliphatic imine (C=N–C) groups is 1. The van der Waals surface area contributed by atoms with Crippen LogP contribution in [0.4, 0.5) is 5.69 Å². The molecule has 208 valence electrons. The molecule has 0 aromatic heterocycles. The summed E-state index contributed by atoms with van der Waals surface area (Å²) in [6.45, 7) is 0.192. The Morgan fingerprint density at radius 1 is 0.897 bits per heavy atom. The summed E-state index contributed by atoms with van der Waals surface area (Å²) in [4.78, 5) is 31.3. The zero-order valence-electron chi connectivity index (χ0n) is 22.0. The Balaban J connectivity index is 1.90. The largest absolute Gasteiger partial charge is 0.377 e. The lowest BCUT2D eigenvalue weighted by Gasteiger charge is -2.23. The number of hydrogen-bond acceptors (Lipinski definition) is 6. The number of rotatable bonds is 13. The molecule has 0 aliphatic carbocycles. The van der Waals surface area contributed by atoms with Gasteiger partial charge < -0.3 is 27.4 Å². The number of amides is 2. The molecule has 8 N–H and O–H groups in total. The van der Waals surface area contributed by atoms with Crippen molar-refractivity contribution in [2.75, 3.05) is 25.5 Å². The Kier molecular flexibility index (Phi) is 9.85. The highest BCUT2D eigenvalue weighted by molar-refractivity contribution is 7.89. The van der Waals surface area contributed by atoms with Gasteiger partial charge in [0, 0.05) is 43.5 Å². The molecule has 2 amide bonds. The number of benzene rings is 3. The molecule has 0 saturated carbocycles. The Morgan fingerprint density at radius 3 is 2.21 bits per heavy atom. The van der Waals surface area contributed by atoms with E-state index in [4.69, 9.17) is 17.2 Å². The van der Waals surface area contributed by atoms with Crippen molar-refractivity contribution in [3.63, 3.8) is 0 Å². The van der Waals surface area contributed by atoms with Gasteiger partial charge in [-0.25, -0.2) is 8.42 Å². The predicted octanol–water partition coefficient (Wildman–Crippen LogP) is 0.819. The fraction of sp³-hybridized carbons (Fsp3) is 0.296. The van der Waals surface area contributed by atoms with E-state index in [9.17, 15) is 18.0 Å². The molecule has 3 aromatic carbocycles. The van der Waals surface area contributed by atoms with Crippen LogP contribution in [0.15, 0.2) is 76.6 Å². The summed E-state index contributed by atoms with van der Waals surface area (Å²) in [6.07, 6.45) is 0.539. The summed E-state index contributed by atoms with van der Waals surface area (Å²) in [5.41, 5.74) is 18.0. The first-order chi connectivity index (χ1) is 18.5. The number of nitrogens with one attached hydrogen (secondary N) is 2. The summed E-state index contributed by atoms with van der Waals surface area (Å²) in [5.74, 6) is -1.53. The first-order valence-corrected chi connectivity index (χ1v) is 13.9. The number of anilines is 1. The van der Waals surface area contributed by atoms with Crippen molar-refractivity contribution in [2.24, 2.45) is 22.2 Å². The maximum Gasteiger partial charge on any atom is 0.241 e. The van der Waals surface area contributed by atoms with E-state index >= 15 is 0 Å². The molecule has 0 bridgehead atoms. The molecule has 3 aromatic rings. The van der Waals surface area contributed by atoms with Crippen LogP contribution in [0.2, 0.25) is 0 Å². The van der Waals surface area contributed by atoms with Gasteiger partial charge in [0.1, 0.15) is 12.1 Å². The number of nitrogens with two attached hydrogens (primary N) is 3. The minimum Gasteiger partial charge on any atom is -0.377 e. The normalized spacial score (nSPS) is 12.9. The summed E-state index contributed by atoms with van der Waals surface area (Å²) < 4.78 is 29.8. The number of guanidine groups is 1. The van der Waals surface area contributed by atoms with E-state index in [1.54, 1.807) is 30.3 Å². The average Bonchev–Trinajstić information content (AvgIpc) is 2.89. The van der Waals surface area contributed by atoms with Crippen molar-refractivity contribution in [3.05, 3.63) is 72.3 Å². The van der Waals surface area contributed by atoms with Gasteiger partial charge >= 0.3 is 0 Å². The summed E-state index contributed by atoms with van der Waals surface area (Å²) in [6, 6.07) is 17.2. The zero-order valence-corrected chi connectivity index (χ0v) is 22.8. The third-order valence-corrected chi connectivity index (χ3v) is 7.66. The van der Waals surface area contributed by atoms with Gasteiger partial charge in [-0.15, -0.1) is 0 Å². The maximum atomic E-state index is 13.6. The second-order valence-corrected chi connectivity index (χ2v) is 11.0. The van der Waals surface area contributed by atoms with Crippen LogP contribution in [0.1, 0.15) is 18.4 Å². The molecule has 0 heterocycles. The van der Waals surface area contributed by atoms with Crippen molar-refractivity contribution >= 4 is 44.3 Å². The number of primary amides is 1. The Hall–Kier alpha value is -4.16. The maximum absolute atomic E-state index is 13.6. The number of hydrogen-bond donors (Lipinski definition) is 5. The lowest BCUT2D eigenvalue weighted by molar-refractivity contribution is -0.128. The Bertz CT molecular complexity index is 1440. The van der Waals surface area contributed by atoms with E-state index in [-0.39, 0.29) is 30.2 Å². The molecule has 2 atom stereocenters. The molecule has 0 fully saturated rings. The highest BCUT2D eigenvalue weighted by Crippen LogP contribution is 2.30. The number of sulfonamides is 1. The first-order valence-electron chi connectivity index (χ1n) is 12.4. The van der Waals surface area contributed by atoms with Crippen molar-refractivity contribution in [2.45, 2.75) is 36.2 Å². The highest BCUT2D eigenvalue weighted by atomic mass is 32.2. The smallest absolute Gasteiger partial charge is 0.241 e. The molecule has 12 heteroatoms. The van der Waals surface area contributed by atoms with E-state index in [0.717, 1.165) is 16.6 Å². The van der Waals surface area contributed by atoms with E-state index in [2.05, 4.69) is 15.0 Å². The molecule has 0 spiro atoms. The quantitative estimate of drug-likeness (QED) is 0.118. The third-order valence-electron chi connectivity index (χ3n) is 6.13. The molecule has 0 saturated heterocycles. The van der Waals surface area contributed by atoms with Crippen LogP contribution in [0.25, 0.3) is 10.8 Å². The molecular weight excluding hydrogens is 518 g/mol. The fourth-order valence-corrected chi connectivity index (χ4v) is 5.68. The lowest BCUT2D eigenvalue weighted by Crippen LogP contribution is -2.53. The van der Waals surface area contributed by atoms with Crippen molar-refractivity contribution in [3.8, 4) is 0 Å². The van der Waals surface area contributed by atoms with E-state index in [1.165, 1.54) is 6.07 Å². The minimum atomic E-state index is -4.17. The minimum absolute atomic E-state index is 0.0291. The number of carbonyl (C=O) groups excluding carboxylic acids is 2. The standard InChI is InChI=1S/C27H35N7O4S/c1-34(2)23-14-6-12-20-19(23)11-7-15-24(20)39(37,38)33-21(13-8-16-31-27(29)30)26(36)32-22(25(28)35)17-18-9-4-3-5-10-18/h3-7,9-12,14-15,21-22,33H,8,13,16-17H2,1-2H3,(H2,28,35)(H,32,36)(H4,29,30,31)/t21-,22-/m0/s1. The van der Waals surface area contributed by atoms with Crippen LogP contribution in [-0.4, -0.2) is 58.9 Å². The van der Waals surface area contributed by atoms with E-state index in [0.29, 0.717) is 11.8 Å². The fourth-order valence-electron chi connectivity index (χ4n) is 4.23. The topological polar surface area (TPSA) is 186 Å². The number of fused-ring (bicyclic) bond motifs is 1. The second kappa shape index (κ2) is 13.1. The summed E-state index contributed by atoms with van der Waals surface area (Å²) in [5, 5.41) is 3.87. The zero-order chi connectivity index (χ0) is 28.6. The van der Waals surface area contributed by atoms with Gasteiger partial charge in [-0.2, -0.15) is 4.72 Å². The summed E-state index contributed by atoms with van der Waals surface area (Å²) >= 11 is 0. The van der Waals surface area contributed by atoms with Crippen LogP contribution in [0.5, 0.6) is 0 Å². The number of carbonyl (C=O) groups is 2. The van der Waals surface area contributed by atoms with Crippen LogP contribution in [0, 0.1) is 0 Å². The van der Waals surface area contributed by atoms with Gasteiger partial charge in [0.25, 0.3) is 0 Å². The molecule has 0 unspecified atom stereocenters. The van der Waals surface area contributed by atoms with Crippen LogP contribution in [-0.2, 0) is 26.0 Å². The first kappa shape index (κ1) is 29.4. The monoisotopic (exact) mass is 553 g/mol. The van der Waals surface area contributed by atoms with Gasteiger partial charge in [0.05, 0.1) is 4.90 Å². The highest BCUT2D eigenvalue weighted by Gasteiger charge is 2.29. The molecule has 3 rings (SSSR count). The molecule has 0 radical (unpaired) electrons. The van der Waals surface area contributed by atoms with E-state index < -0.39 is 33.9 Å². The third kappa shape index (κ3) is 7.91. The average molecular weight is 554 g/mol. The molecule has 11 nitrogen and oxygen atoms in total. The predicted molar refractivity (Wildman–Crippen MR) is 154 cm³/mol. The van der Waals surface area contributed by atoms with Gasteiger partial charge in [-0.1, -0.05) is 54.6 Å². The molecule has 0 aliphatic heterocycles. The SMILES string of the molecule is CN(C)c1cccc2c(S(=O)(=O)N[C@@H](CCCN=C(N)N)C(=O)N[C@@H](Cc3ccccc3)C(N)=O)cccc12. The van der Waals surface area contributed by atoms with Crippen molar-refractivity contribution in [1.29, 1.82) is 0 Å². The van der Waals surface area contributed by atoms with Gasteiger partial charge in [0.2, 0.25) is 21.8 Å². The van der Waals surface area contributed by atoms with Crippen LogP contribution < -0.4 is 32.1 Å². The van der Waals surface area contributed by atoms with Gasteiger partial charge in [-0.3, -0.25) is 14.6 Å². The molecule has 39 heavy (non-hydrogen) atoms. The van der Waals surface area contributed by atoms with Gasteiger partial charge in [0.15, 0.2) is 5.96 Å². The molecular formula is C27H35N7O4S. The van der Waals surface area contributed by atoms with Gasteiger partial charge in [-0.05, 0) is 30.5 Å². The summed E-state index contributed by atoms with van der Waals surface area (Å²) in [7, 11) is -0.431. The van der Waals surface area contributed by atoms with Crippen LogP contribution in [0.3, 0.4) is 0 Å². The van der Waals surface area contributed by atoms with E-state index in [1.807, 2.05) is 49.3 Å². The second-order valence-electron chi connectivity index (χ2n) is 9.30. The van der Waals surface area contributed by atoms with Crippen molar-refractivity contribution < 1.29 is 18.0 Å². The van der Waals surface area contributed by atoms with Crippen molar-refractivity contribution in [1.82, 2.24) is 10.0 Å². The lowest BCUT2D eigenvalue weighted by atomic mass is 10.0. The Morgan fingerprint density at radius 2 is 1.56 bits per heavy atom. The van der Waals surface area contributed by atoms with Crippen LogP contribution >= 0.6 is 0 Å². The molecule has 0 aliphatic rings. The Labute approximate surface area is 228 Å².